The second-order valence-electron chi connectivity index (χ2n) is 3.07. The summed E-state index contributed by atoms with van der Waals surface area (Å²) in [4.78, 5) is 10.0. The maximum Gasteiger partial charge on any atom is 0.330 e. The number of carbonyl (C=O) groups is 1. The van der Waals surface area contributed by atoms with E-state index in [-0.39, 0.29) is 0 Å². The molecule has 0 aromatic heterocycles. The van der Waals surface area contributed by atoms with Crippen LogP contribution in [-0.2, 0) is 18.4 Å². The molecule has 0 aromatic rings. The first-order valence-corrected chi connectivity index (χ1v) is 6.55. The molecule has 0 fully saturated rings. The van der Waals surface area contributed by atoms with Crippen LogP contribution in [0.5, 0.6) is 0 Å². The first kappa shape index (κ1) is 13.8. The molecule has 0 amide bonds. The van der Waals surface area contributed by atoms with E-state index in [9.17, 15) is 9.36 Å². The summed E-state index contributed by atoms with van der Waals surface area (Å²) < 4.78 is 21.1. The molecule has 0 saturated carbocycles. The zero-order valence-corrected chi connectivity index (χ0v) is 9.79. The summed E-state index contributed by atoms with van der Waals surface area (Å²) >= 11 is 0. The number of carbonyl (C=O) groups excluding carboxylic acids is 1. The van der Waals surface area contributed by atoms with E-state index < -0.39 is 7.60 Å². The summed E-state index contributed by atoms with van der Waals surface area (Å²) in [5.41, 5.74) is 0. The summed E-state index contributed by atoms with van der Waals surface area (Å²) in [7, 11) is -0.00732. The predicted molar refractivity (Wildman–Crippen MR) is 55.6 cm³/mol. The number of aldehydes is 1. The van der Waals surface area contributed by atoms with E-state index in [0.29, 0.717) is 12.6 Å². The van der Waals surface area contributed by atoms with Crippen LogP contribution in [0.1, 0.15) is 32.1 Å². The number of hydrogen-bond acceptors (Lipinski definition) is 4. The molecule has 0 rings (SSSR count). The summed E-state index contributed by atoms with van der Waals surface area (Å²) in [6, 6.07) is 0. The molecule has 0 aromatic carbocycles. The minimum atomic E-state index is -2.81. The Kier molecular flexibility index (Phi) is 8.05. The molecule has 0 atom stereocenters. The minimum absolute atomic E-state index is 0.459. The number of unbranched alkanes of at least 4 members (excludes halogenated alkanes) is 4. The molecule has 84 valence electrons. The Morgan fingerprint density at radius 1 is 1.07 bits per heavy atom. The molecule has 0 saturated heterocycles. The van der Waals surface area contributed by atoms with Crippen LogP contribution < -0.4 is 0 Å². The standard InChI is InChI=1S/C9H19O4P/c1-12-14(11,13-2)9-7-5-3-4-6-8-10/h8H,3-7,9H2,1-2H3. The molecule has 0 N–H and O–H groups in total. The number of rotatable bonds is 9. The van der Waals surface area contributed by atoms with Gasteiger partial charge in [0.25, 0.3) is 0 Å². The fourth-order valence-electron chi connectivity index (χ4n) is 1.14. The van der Waals surface area contributed by atoms with Gasteiger partial charge in [0.05, 0.1) is 6.16 Å². The maximum atomic E-state index is 11.5. The minimum Gasteiger partial charge on any atom is -0.312 e. The molecule has 0 unspecified atom stereocenters. The SMILES string of the molecule is COP(=O)(CCCCCCC=O)OC. The molecule has 0 bridgehead atoms. The van der Waals surface area contributed by atoms with E-state index in [2.05, 4.69) is 0 Å². The van der Waals surface area contributed by atoms with Crippen molar-refractivity contribution in [3.63, 3.8) is 0 Å². The van der Waals surface area contributed by atoms with Crippen molar-refractivity contribution in [2.45, 2.75) is 32.1 Å². The monoisotopic (exact) mass is 222 g/mol. The molecule has 4 nitrogen and oxygen atoms in total. The van der Waals surface area contributed by atoms with E-state index in [1.807, 2.05) is 0 Å². The Morgan fingerprint density at radius 2 is 1.64 bits per heavy atom. The Labute approximate surface area is 85.5 Å². The average molecular weight is 222 g/mol. The summed E-state index contributed by atoms with van der Waals surface area (Å²) in [5.74, 6) is 0. The highest BCUT2D eigenvalue weighted by atomic mass is 31.2. The van der Waals surface area contributed by atoms with Crippen molar-refractivity contribution < 1.29 is 18.4 Å². The molecule has 14 heavy (non-hydrogen) atoms. The molecule has 0 aliphatic carbocycles. The Balaban J connectivity index is 3.43. The molecule has 0 aliphatic rings. The first-order valence-electron chi connectivity index (χ1n) is 4.82. The van der Waals surface area contributed by atoms with E-state index >= 15 is 0 Å². The van der Waals surface area contributed by atoms with Gasteiger partial charge in [-0.3, -0.25) is 4.57 Å². The lowest BCUT2D eigenvalue weighted by atomic mass is 10.2. The third-order valence-corrected chi connectivity index (χ3v) is 4.04. The van der Waals surface area contributed by atoms with Crippen molar-refractivity contribution in [2.24, 2.45) is 0 Å². The lowest BCUT2D eigenvalue weighted by Crippen LogP contribution is -1.94. The number of hydrogen-bond donors (Lipinski definition) is 0. The zero-order chi connectivity index (χ0) is 10.9. The highest BCUT2D eigenvalue weighted by molar-refractivity contribution is 7.53. The summed E-state index contributed by atoms with van der Waals surface area (Å²) in [6.07, 6.45) is 5.69. The highest BCUT2D eigenvalue weighted by Gasteiger charge is 2.19. The smallest absolute Gasteiger partial charge is 0.312 e. The second kappa shape index (κ2) is 8.16. The van der Waals surface area contributed by atoms with Gasteiger partial charge in [-0.05, 0) is 12.8 Å². The maximum absolute atomic E-state index is 11.5. The van der Waals surface area contributed by atoms with E-state index in [1.165, 1.54) is 14.2 Å². The van der Waals surface area contributed by atoms with Crippen LogP contribution in [-0.4, -0.2) is 26.7 Å². The Bertz CT molecular complexity index is 185. The van der Waals surface area contributed by atoms with Crippen molar-refractivity contribution >= 4 is 13.9 Å². The van der Waals surface area contributed by atoms with Crippen molar-refractivity contribution in [3.8, 4) is 0 Å². The van der Waals surface area contributed by atoms with Crippen LogP contribution >= 0.6 is 7.60 Å². The molecule has 0 aliphatic heterocycles. The predicted octanol–water partition coefficient (Wildman–Crippen LogP) is 2.62. The van der Waals surface area contributed by atoms with Crippen molar-refractivity contribution in [1.82, 2.24) is 0 Å². The molecular formula is C9H19O4P. The third kappa shape index (κ3) is 6.30. The van der Waals surface area contributed by atoms with Crippen molar-refractivity contribution in [3.05, 3.63) is 0 Å². The molecule has 0 radical (unpaired) electrons. The molecule has 0 spiro atoms. The van der Waals surface area contributed by atoms with Gasteiger partial charge in [0.15, 0.2) is 0 Å². The largest absolute Gasteiger partial charge is 0.330 e. The lowest BCUT2D eigenvalue weighted by molar-refractivity contribution is -0.107. The Hall–Kier alpha value is -0.180. The van der Waals surface area contributed by atoms with Gasteiger partial charge in [0.1, 0.15) is 6.29 Å². The molecular weight excluding hydrogens is 203 g/mol. The normalized spacial score (nSPS) is 11.6. The van der Waals surface area contributed by atoms with Crippen molar-refractivity contribution in [1.29, 1.82) is 0 Å². The van der Waals surface area contributed by atoms with E-state index in [1.54, 1.807) is 0 Å². The van der Waals surface area contributed by atoms with E-state index in [0.717, 1.165) is 32.0 Å². The molecule has 0 heterocycles. The van der Waals surface area contributed by atoms with Crippen LogP contribution in [0.2, 0.25) is 0 Å². The highest BCUT2D eigenvalue weighted by Crippen LogP contribution is 2.47. The van der Waals surface area contributed by atoms with Gasteiger partial charge in [-0.15, -0.1) is 0 Å². The van der Waals surface area contributed by atoms with E-state index in [4.69, 9.17) is 9.05 Å². The summed E-state index contributed by atoms with van der Waals surface area (Å²) in [5, 5.41) is 0. The zero-order valence-electron chi connectivity index (χ0n) is 8.90. The fraction of sp³-hybridized carbons (Fsp3) is 0.889. The van der Waals surface area contributed by atoms with Gasteiger partial charge in [0, 0.05) is 20.6 Å². The van der Waals surface area contributed by atoms with Gasteiger partial charge in [-0.25, -0.2) is 0 Å². The van der Waals surface area contributed by atoms with Gasteiger partial charge in [-0.1, -0.05) is 12.8 Å². The fourth-order valence-corrected chi connectivity index (χ4v) is 2.27. The van der Waals surface area contributed by atoms with Gasteiger partial charge in [-0.2, -0.15) is 0 Å². The second-order valence-corrected chi connectivity index (χ2v) is 5.47. The Morgan fingerprint density at radius 3 is 2.14 bits per heavy atom. The third-order valence-electron chi connectivity index (χ3n) is 2.06. The quantitative estimate of drug-likeness (QED) is 0.342. The molecule has 5 heteroatoms. The van der Waals surface area contributed by atoms with Crippen LogP contribution in [0.25, 0.3) is 0 Å². The van der Waals surface area contributed by atoms with Crippen molar-refractivity contribution in [2.75, 3.05) is 20.4 Å². The van der Waals surface area contributed by atoms with Crippen LogP contribution in [0, 0.1) is 0 Å². The average Bonchev–Trinajstić information content (AvgIpc) is 2.23. The topological polar surface area (TPSA) is 52.6 Å². The van der Waals surface area contributed by atoms with Gasteiger partial charge >= 0.3 is 7.60 Å². The first-order chi connectivity index (χ1) is 6.68. The lowest BCUT2D eigenvalue weighted by Gasteiger charge is -2.12. The van der Waals surface area contributed by atoms with Gasteiger partial charge in [0.2, 0.25) is 0 Å². The van der Waals surface area contributed by atoms with Crippen LogP contribution in [0.3, 0.4) is 0 Å². The van der Waals surface area contributed by atoms with Crippen LogP contribution in [0.4, 0.5) is 0 Å². The van der Waals surface area contributed by atoms with Gasteiger partial charge < -0.3 is 13.8 Å². The summed E-state index contributed by atoms with van der Waals surface area (Å²) in [6.45, 7) is 0. The van der Waals surface area contributed by atoms with Crippen LogP contribution in [0.15, 0.2) is 0 Å².